The summed E-state index contributed by atoms with van der Waals surface area (Å²) in [5, 5.41) is 1.52. The van der Waals surface area contributed by atoms with Gasteiger partial charge in [0.15, 0.2) is 12.2 Å². The summed E-state index contributed by atoms with van der Waals surface area (Å²) in [6, 6.07) is -1.91. The maximum atomic E-state index is 12.8. The lowest BCUT2D eigenvalue weighted by Crippen LogP contribution is -2.67. The van der Waals surface area contributed by atoms with Gasteiger partial charge in [-0.1, -0.05) is 0 Å². The highest BCUT2D eigenvalue weighted by atomic mass is 19.4. The Morgan fingerprint density at radius 3 is 1.77 bits per heavy atom. The summed E-state index contributed by atoms with van der Waals surface area (Å²) in [6.45, 7) is 3.22. The molecule has 1 heterocycles. The molecule has 0 aromatic rings. The van der Waals surface area contributed by atoms with E-state index in [-0.39, 0.29) is 0 Å². The van der Waals surface area contributed by atoms with Gasteiger partial charge in [0.2, 0.25) is 6.29 Å². The van der Waals surface area contributed by atoms with E-state index in [1.54, 1.807) is 0 Å². The molecule has 0 aliphatic carbocycles. The number of rotatable bonds is 6. The Morgan fingerprint density at radius 1 is 0.833 bits per heavy atom. The Balaban J connectivity index is 3.39. The Morgan fingerprint density at radius 2 is 1.33 bits per heavy atom. The van der Waals surface area contributed by atoms with Crippen molar-refractivity contribution in [2.24, 2.45) is 0 Å². The number of hydrogen-bond donors (Lipinski definition) is 1. The number of esters is 4. The zero-order valence-electron chi connectivity index (χ0n) is 16.3. The highest BCUT2D eigenvalue weighted by Gasteiger charge is 2.54. The van der Waals surface area contributed by atoms with Crippen LogP contribution in [0.5, 0.6) is 0 Å². The average molecular weight is 443 g/mol. The van der Waals surface area contributed by atoms with Crippen LogP contribution in [0.2, 0.25) is 0 Å². The lowest BCUT2D eigenvalue weighted by atomic mass is 9.96. The summed E-state index contributed by atoms with van der Waals surface area (Å²) in [5.41, 5.74) is 0. The predicted octanol–water partition coefficient (Wildman–Crippen LogP) is -0.252. The van der Waals surface area contributed by atoms with E-state index >= 15 is 0 Å². The Bertz CT molecular complexity index is 695. The van der Waals surface area contributed by atoms with Gasteiger partial charge in [-0.15, -0.1) is 0 Å². The maximum absolute atomic E-state index is 12.8. The fraction of sp³-hybridized carbons (Fsp3) is 0.688. The largest absolute Gasteiger partial charge is 0.471 e. The topological polar surface area (TPSA) is 144 Å². The minimum atomic E-state index is -5.34. The van der Waals surface area contributed by atoms with E-state index in [9.17, 15) is 37.1 Å². The number of ether oxygens (including phenoxy) is 5. The number of carbonyl (C=O) groups is 5. The first-order chi connectivity index (χ1) is 13.7. The SMILES string of the molecule is CC(=O)OC[C@H]1O[C@@H](OC(C)=O)[C@@H](NC(=O)C(F)(F)F)[C@@H](OC(C)=O)[C@H]1OC(C)=O. The third-order valence-corrected chi connectivity index (χ3v) is 3.54. The van der Waals surface area contributed by atoms with E-state index in [2.05, 4.69) is 0 Å². The van der Waals surface area contributed by atoms with Gasteiger partial charge in [-0.2, -0.15) is 13.2 Å². The fourth-order valence-electron chi connectivity index (χ4n) is 2.55. The molecule has 14 heteroatoms. The molecule has 1 fully saturated rings. The molecule has 0 aromatic carbocycles. The van der Waals surface area contributed by atoms with Gasteiger partial charge in [0.1, 0.15) is 18.8 Å². The van der Waals surface area contributed by atoms with Crippen LogP contribution in [0.15, 0.2) is 0 Å². The van der Waals surface area contributed by atoms with Gasteiger partial charge in [0.05, 0.1) is 0 Å². The molecule has 5 atom stereocenters. The van der Waals surface area contributed by atoms with E-state index in [1.165, 1.54) is 5.32 Å². The first kappa shape index (κ1) is 25.1. The zero-order chi connectivity index (χ0) is 23.2. The number of alkyl halides is 3. The van der Waals surface area contributed by atoms with Crippen molar-refractivity contribution in [3.05, 3.63) is 0 Å². The molecule has 1 aliphatic rings. The minimum absolute atomic E-state index is 0.594. The number of hydrogen-bond acceptors (Lipinski definition) is 10. The second-order valence-electron chi connectivity index (χ2n) is 6.10. The van der Waals surface area contributed by atoms with Crippen LogP contribution in [0.3, 0.4) is 0 Å². The Hall–Kier alpha value is -2.90. The van der Waals surface area contributed by atoms with Crippen LogP contribution in [0.1, 0.15) is 27.7 Å². The fourth-order valence-corrected chi connectivity index (χ4v) is 2.55. The van der Waals surface area contributed by atoms with Crippen molar-refractivity contribution >= 4 is 29.8 Å². The van der Waals surface area contributed by atoms with Crippen LogP contribution >= 0.6 is 0 Å². The minimum Gasteiger partial charge on any atom is -0.463 e. The Labute approximate surface area is 168 Å². The van der Waals surface area contributed by atoms with Crippen LogP contribution in [0.25, 0.3) is 0 Å². The molecule has 1 saturated heterocycles. The van der Waals surface area contributed by atoms with E-state index in [0.29, 0.717) is 0 Å². The van der Waals surface area contributed by atoms with Crippen LogP contribution in [-0.2, 0) is 47.7 Å². The highest BCUT2D eigenvalue weighted by molar-refractivity contribution is 5.82. The van der Waals surface area contributed by atoms with E-state index in [1.807, 2.05) is 0 Å². The highest BCUT2D eigenvalue weighted by Crippen LogP contribution is 2.29. The molecule has 1 N–H and O–H groups in total. The predicted molar refractivity (Wildman–Crippen MR) is 86.2 cm³/mol. The van der Waals surface area contributed by atoms with Crippen LogP contribution in [0.4, 0.5) is 13.2 Å². The van der Waals surface area contributed by atoms with Gasteiger partial charge in [0.25, 0.3) is 0 Å². The number of amides is 1. The molecule has 170 valence electrons. The smallest absolute Gasteiger partial charge is 0.463 e. The van der Waals surface area contributed by atoms with Gasteiger partial charge < -0.3 is 29.0 Å². The van der Waals surface area contributed by atoms with Crippen molar-refractivity contribution in [1.82, 2.24) is 5.32 Å². The molecule has 30 heavy (non-hydrogen) atoms. The molecule has 0 unspecified atom stereocenters. The number of nitrogens with one attached hydrogen (secondary N) is 1. The third kappa shape index (κ3) is 7.50. The summed E-state index contributed by atoms with van der Waals surface area (Å²) >= 11 is 0. The van der Waals surface area contributed by atoms with E-state index in [4.69, 9.17) is 23.7 Å². The normalized spacial score (nSPS) is 26.2. The van der Waals surface area contributed by atoms with Crippen LogP contribution in [-0.4, -0.2) is 73.2 Å². The molecule has 1 aliphatic heterocycles. The van der Waals surface area contributed by atoms with Gasteiger partial charge in [-0.3, -0.25) is 24.0 Å². The van der Waals surface area contributed by atoms with Crippen molar-refractivity contribution < 1.29 is 60.8 Å². The molecule has 0 saturated carbocycles. The average Bonchev–Trinajstić information content (AvgIpc) is 2.56. The first-order valence-electron chi connectivity index (χ1n) is 8.40. The van der Waals surface area contributed by atoms with Crippen molar-refractivity contribution in [3.63, 3.8) is 0 Å². The van der Waals surface area contributed by atoms with Gasteiger partial charge in [0, 0.05) is 27.7 Å². The summed E-state index contributed by atoms with van der Waals surface area (Å²) < 4.78 is 63.2. The van der Waals surface area contributed by atoms with E-state index in [0.717, 1.165) is 27.7 Å². The summed E-state index contributed by atoms with van der Waals surface area (Å²) in [5.74, 6) is -6.20. The van der Waals surface area contributed by atoms with Crippen molar-refractivity contribution in [1.29, 1.82) is 0 Å². The lowest BCUT2D eigenvalue weighted by molar-refractivity contribution is -0.272. The van der Waals surface area contributed by atoms with Crippen molar-refractivity contribution in [2.45, 2.75) is 64.5 Å². The molecule has 11 nitrogen and oxygen atoms in total. The molecular weight excluding hydrogens is 423 g/mol. The standard InChI is InChI=1S/C16H20F3NO10/c1-6(21)26-5-10-12(27-7(2)22)13(28-8(3)23)11(14(30-10)29-9(4)24)20-15(25)16(17,18)19/h10-14H,5H2,1-4H3,(H,20,25)/t10-,11+,12+,13-,14-/m1/s1. The molecule has 0 aromatic heterocycles. The van der Waals surface area contributed by atoms with Crippen molar-refractivity contribution in [2.75, 3.05) is 6.61 Å². The summed E-state index contributed by atoms with van der Waals surface area (Å²) in [6.07, 6.45) is -12.0. The molecule has 1 rings (SSSR count). The van der Waals surface area contributed by atoms with Crippen molar-refractivity contribution in [3.8, 4) is 0 Å². The van der Waals surface area contributed by atoms with Gasteiger partial charge >= 0.3 is 36.0 Å². The van der Waals surface area contributed by atoms with Crippen LogP contribution in [0, 0.1) is 0 Å². The van der Waals surface area contributed by atoms with Gasteiger partial charge in [-0.05, 0) is 0 Å². The molecule has 0 spiro atoms. The second-order valence-corrected chi connectivity index (χ2v) is 6.10. The summed E-state index contributed by atoms with van der Waals surface area (Å²) in [7, 11) is 0. The monoisotopic (exact) mass is 443 g/mol. The number of halogens is 3. The van der Waals surface area contributed by atoms with Crippen LogP contribution < -0.4 is 5.32 Å². The quantitative estimate of drug-likeness (QED) is 0.431. The van der Waals surface area contributed by atoms with Gasteiger partial charge in [-0.25, -0.2) is 0 Å². The summed E-state index contributed by atoms with van der Waals surface area (Å²) in [4.78, 5) is 57.0. The molecule has 1 amide bonds. The third-order valence-electron chi connectivity index (χ3n) is 3.54. The molecule has 0 radical (unpaired) electrons. The Kier molecular flexibility index (Phi) is 8.57. The zero-order valence-corrected chi connectivity index (χ0v) is 16.3. The number of carbonyl (C=O) groups excluding carboxylic acids is 5. The molecule has 0 bridgehead atoms. The second kappa shape index (κ2) is 10.2. The molecular formula is C16H20F3NO10. The van der Waals surface area contributed by atoms with E-state index < -0.39 is 73.2 Å². The maximum Gasteiger partial charge on any atom is 0.471 e. The first-order valence-corrected chi connectivity index (χ1v) is 8.40. The lowest BCUT2D eigenvalue weighted by Gasteiger charge is -2.44.